The maximum Gasteiger partial charge on any atom is -0.0204 e. The summed E-state index contributed by atoms with van der Waals surface area (Å²) in [4.78, 5) is 0. The minimum Gasteiger partial charge on any atom is -0.0882 e. The molecule has 15 heavy (non-hydrogen) atoms. The zero-order valence-corrected chi connectivity index (χ0v) is 10.6. The van der Waals surface area contributed by atoms with Crippen molar-refractivity contribution >= 4 is 0 Å². The molecule has 3 unspecified atom stereocenters. The van der Waals surface area contributed by atoms with Gasteiger partial charge in [-0.1, -0.05) is 52.2 Å². The van der Waals surface area contributed by atoms with Gasteiger partial charge >= 0.3 is 0 Å². The van der Waals surface area contributed by atoms with Crippen molar-refractivity contribution in [1.29, 1.82) is 0 Å². The zero-order valence-electron chi connectivity index (χ0n) is 10.6. The van der Waals surface area contributed by atoms with Crippen molar-refractivity contribution in [2.24, 2.45) is 23.2 Å². The summed E-state index contributed by atoms with van der Waals surface area (Å²) in [6, 6.07) is 0. The Labute approximate surface area is 95.1 Å². The molecule has 0 heteroatoms. The SMILES string of the molecule is CC(C)C1CC=CCC12CCCCC2C. The first-order valence-corrected chi connectivity index (χ1v) is 6.82. The van der Waals surface area contributed by atoms with Gasteiger partial charge in [-0.05, 0) is 42.4 Å². The molecular formula is C15H26. The maximum atomic E-state index is 2.51. The van der Waals surface area contributed by atoms with Gasteiger partial charge < -0.3 is 0 Å². The number of hydrogen-bond donors (Lipinski definition) is 0. The Morgan fingerprint density at radius 3 is 2.67 bits per heavy atom. The summed E-state index contributed by atoms with van der Waals surface area (Å²) < 4.78 is 0. The van der Waals surface area contributed by atoms with Crippen LogP contribution < -0.4 is 0 Å². The average molecular weight is 206 g/mol. The lowest BCUT2D eigenvalue weighted by Crippen LogP contribution is -2.42. The fourth-order valence-electron chi connectivity index (χ4n) is 4.16. The fourth-order valence-corrected chi connectivity index (χ4v) is 4.16. The van der Waals surface area contributed by atoms with Crippen molar-refractivity contribution in [3.05, 3.63) is 12.2 Å². The number of allylic oxidation sites excluding steroid dienone is 2. The summed E-state index contributed by atoms with van der Waals surface area (Å²) in [7, 11) is 0. The lowest BCUT2D eigenvalue weighted by atomic mass is 9.54. The largest absolute Gasteiger partial charge is 0.0882 e. The van der Waals surface area contributed by atoms with Crippen molar-refractivity contribution in [2.45, 2.75) is 59.3 Å². The third-order valence-corrected chi connectivity index (χ3v) is 5.11. The molecule has 0 aromatic heterocycles. The smallest absolute Gasteiger partial charge is 0.0204 e. The Balaban J connectivity index is 2.24. The lowest BCUT2D eigenvalue weighted by Gasteiger charge is -2.51. The molecule has 0 aromatic rings. The second-order valence-electron chi connectivity index (χ2n) is 6.14. The molecule has 0 bridgehead atoms. The van der Waals surface area contributed by atoms with Crippen molar-refractivity contribution < 1.29 is 0 Å². The Kier molecular flexibility index (Phi) is 3.23. The Hall–Kier alpha value is -0.260. The third kappa shape index (κ3) is 1.88. The van der Waals surface area contributed by atoms with E-state index in [0.29, 0.717) is 5.41 Å². The summed E-state index contributed by atoms with van der Waals surface area (Å²) in [5.74, 6) is 2.75. The average Bonchev–Trinajstić information content (AvgIpc) is 2.23. The summed E-state index contributed by atoms with van der Waals surface area (Å²) in [6.07, 6.45) is 13.5. The van der Waals surface area contributed by atoms with Gasteiger partial charge in [0.1, 0.15) is 0 Å². The van der Waals surface area contributed by atoms with E-state index in [-0.39, 0.29) is 0 Å². The molecule has 0 N–H and O–H groups in total. The van der Waals surface area contributed by atoms with Gasteiger partial charge in [0.15, 0.2) is 0 Å². The van der Waals surface area contributed by atoms with Gasteiger partial charge in [-0.15, -0.1) is 0 Å². The van der Waals surface area contributed by atoms with E-state index < -0.39 is 0 Å². The van der Waals surface area contributed by atoms with Gasteiger partial charge in [-0.3, -0.25) is 0 Å². The highest BCUT2D eigenvalue weighted by Crippen LogP contribution is 2.54. The first-order valence-electron chi connectivity index (χ1n) is 6.82. The van der Waals surface area contributed by atoms with Gasteiger partial charge in [0.25, 0.3) is 0 Å². The molecule has 1 saturated carbocycles. The third-order valence-electron chi connectivity index (χ3n) is 5.11. The second kappa shape index (κ2) is 4.31. The van der Waals surface area contributed by atoms with Crippen LogP contribution in [0.1, 0.15) is 59.3 Å². The van der Waals surface area contributed by atoms with Crippen LogP contribution in [0.4, 0.5) is 0 Å². The van der Waals surface area contributed by atoms with E-state index in [2.05, 4.69) is 32.9 Å². The van der Waals surface area contributed by atoms with Crippen LogP contribution in [0.5, 0.6) is 0 Å². The van der Waals surface area contributed by atoms with Gasteiger partial charge in [0, 0.05) is 0 Å². The minimum atomic E-state index is 0.668. The first kappa shape index (κ1) is 11.2. The standard InChI is InChI=1S/C15H26/c1-12(2)14-9-5-7-11-15(14)10-6-4-8-13(15)3/h5,7,12-14H,4,6,8-11H2,1-3H3. The van der Waals surface area contributed by atoms with Gasteiger partial charge in [0.2, 0.25) is 0 Å². The molecule has 0 aliphatic heterocycles. The summed E-state index contributed by atoms with van der Waals surface area (Å²) >= 11 is 0. The van der Waals surface area contributed by atoms with Crippen LogP contribution in [0.2, 0.25) is 0 Å². The zero-order chi connectivity index (χ0) is 10.9. The second-order valence-corrected chi connectivity index (χ2v) is 6.14. The fraction of sp³-hybridized carbons (Fsp3) is 0.867. The van der Waals surface area contributed by atoms with E-state index in [0.717, 1.165) is 17.8 Å². The molecule has 1 spiro atoms. The van der Waals surface area contributed by atoms with Crippen molar-refractivity contribution in [1.82, 2.24) is 0 Å². The summed E-state index contributed by atoms with van der Waals surface area (Å²) in [5, 5.41) is 0. The molecule has 1 fully saturated rings. The van der Waals surface area contributed by atoms with Crippen molar-refractivity contribution in [3.8, 4) is 0 Å². The topological polar surface area (TPSA) is 0 Å². The molecule has 0 amide bonds. The molecule has 0 saturated heterocycles. The van der Waals surface area contributed by atoms with Gasteiger partial charge in [-0.2, -0.15) is 0 Å². The number of rotatable bonds is 1. The minimum absolute atomic E-state index is 0.668. The van der Waals surface area contributed by atoms with Crippen molar-refractivity contribution in [2.75, 3.05) is 0 Å². The van der Waals surface area contributed by atoms with Crippen LogP contribution in [0, 0.1) is 23.2 Å². The Morgan fingerprint density at radius 1 is 1.20 bits per heavy atom. The van der Waals surface area contributed by atoms with Crippen molar-refractivity contribution in [3.63, 3.8) is 0 Å². The van der Waals surface area contributed by atoms with E-state index in [9.17, 15) is 0 Å². The molecule has 2 aliphatic carbocycles. The molecule has 0 heterocycles. The normalized spacial score (nSPS) is 41.3. The van der Waals surface area contributed by atoms with Gasteiger partial charge in [-0.25, -0.2) is 0 Å². The van der Waals surface area contributed by atoms with E-state index in [1.165, 1.54) is 38.5 Å². The quantitative estimate of drug-likeness (QED) is 0.540. The first-order chi connectivity index (χ1) is 7.17. The molecule has 86 valence electrons. The van der Waals surface area contributed by atoms with Crippen LogP contribution in [0.3, 0.4) is 0 Å². The van der Waals surface area contributed by atoms with Crippen LogP contribution in [-0.4, -0.2) is 0 Å². The molecule has 2 aliphatic rings. The van der Waals surface area contributed by atoms with Crippen LogP contribution >= 0.6 is 0 Å². The predicted octanol–water partition coefficient (Wildman–Crippen LogP) is 4.81. The molecule has 0 nitrogen and oxygen atoms in total. The Morgan fingerprint density at radius 2 is 2.00 bits per heavy atom. The number of hydrogen-bond acceptors (Lipinski definition) is 0. The van der Waals surface area contributed by atoms with Crippen LogP contribution in [0.25, 0.3) is 0 Å². The molecule has 2 rings (SSSR count). The predicted molar refractivity (Wildman–Crippen MR) is 66.8 cm³/mol. The summed E-state index contributed by atoms with van der Waals surface area (Å²) in [6.45, 7) is 7.35. The maximum absolute atomic E-state index is 2.51. The highest BCUT2D eigenvalue weighted by Gasteiger charge is 2.45. The molecule has 0 radical (unpaired) electrons. The summed E-state index contributed by atoms with van der Waals surface area (Å²) in [5.41, 5.74) is 0.668. The molecule has 0 aromatic carbocycles. The van der Waals surface area contributed by atoms with Crippen LogP contribution in [-0.2, 0) is 0 Å². The monoisotopic (exact) mass is 206 g/mol. The lowest BCUT2D eigenvalue weighted by molar-refractivity contribution is 0.00722. The van der Waals surface area contributed by atoms with Crippen LogP contribution in [0.15, 0.2) is 12.2 Å². The van der Waals surface area contributed by atoms with E-state index in [1.807, 2.05) is 0 Å². The van der Waals surface area contributed by atoms with E-state index in [4.69, 9.17) is 0 Å². The highest BCUT2D eigenvalue weighted by molar-refractivity contribution is 5.06. The molecule has 3 atom stereocenters. The van der Waals surface area contributed by atoms with E-state index in [1.54, 1.807) is 0 Å². The van der Waals surface area contributed by atoms with E-state index >= 15 is 0 Å². The highest BCUT2D eigenvalue weighted by atomic mass is 14.5. The Bertz CT molecular complexity index is 238. The van der Waals surface area contributed by atoms with Gasteiger partial charge in [0.05, 0.1) is 0 Å². The molecular weight excluding hydrogens is 180 g/mol.